The molecule has 0 saturated heterocycles. The highest BCUT2D eigenvalue weighted by atomic mass is 16.5. The van der Waals surface area contributed by atoms with Crippen LogP contribution in [-0.4, -0.2) is 17.2 Å². The number of rotatable bonds is 2. The van der Waals surface area contributed by atoms with Crippen molar-refractivity contribution in [2.75, 3.05) is 7.11 Å². The number of pyridine rings is 1. The summed E-state index contributed by atoms with van der Waals surface area (Å²) in [7, 11) is 1.57. The number of aromatic nitrogens is 1. The minimum absolute atomic E-state index is 0.270. The molecule has 2 aromatic carbocycles. The molecule has 0 amide bonds. The average molecular weight is 267 g/mol. The molecule has 100 valence electrons. The first kappa shape index (κ1) is 12.3. The van der Waals surface area contributed by atoms with Crippen LogP contribution in [0.1, 0.15) is 0 Å². The Morgan fingerprint density at radius 1 is 1.10 bits per heavy atom. The van der Waals surface area contributed by atoms with Crippen molar-refractivity contribution in [2.24, 2.45) is 0 Å². The van der Waals surface area contributed by atoms with Crippen molar-refractivity contribution in [3.63, 3.8) is 0 Å². The summed E-state index contributed by atoms with van der Waals surface area (Å²) in [5.41, 5.74) is 1.41. The summed E-state index contributed by atoms with van der Waals surface area (Å²) in [6.45, 7) is 0. The maximum absolute atomic E-state index is 12.2. The largest absolute Gasteiger partial charge is 0.503 e. The van der Waals surface area contributed by atoms with Gasteiger partial charge < -0.3 is 14.8 Å². The highest BCUT2D eigenvalue weighted by molar-refractivity contribution is 5.85. The summed E-state index contributed by atoms with van der Waals surface area (Å²) in [6.07, 6.45) is 0. The van der Waals surface area contributed by atoms with Gasteiger partial charge in [-0.15, -0.1) is 0 Å². The van der Waals surface area contributed by atoms with Crippen LogP contribution in [0.25, 0.3) is 22.2 Å². The third-order valence-electron chi connectivity index (χ3n) is 3.25. The van der Waals surface area contributed by atoms with E-state index in [0.717, 1.165) is 5.56 Å². The molecule has 1 heterocycles. The van der Waals surface area contributed by atoms with Crippen molar-refractivity contribution < 1.29 is 9.84 Å². The summed E-state index contributed by atoms with van der Waals surface area (Å²) < 4.78 is 5.15. The van der Waals surface area contributed by atoms with E-state index in [9.17, 15) is 9.90 Å². The molecule has 0 aliphatic rings. The van der Waals surface area contributed by atoms with Gasteiger partial charge in [-0.1, -0.05) is 30.3 Å². The van der Waals surface area contributed by atoms with Gasteiger partial charge in [0.2, 0.25) is 5.43 Å². The fourth-order valence-electron chi connectivity index (χ4n) is 2.20. The van der Waals surface area contributed by atoms with Gasteiger partial charge in [-0.2, -0.15) is 0 Å². The second kappa shape index (κ2) is 4.74. The van der Waals surface area contributed by atoms with Crippen LogP contribution in [0.4, 0.5) is 0 Å². The van der Waals surface area contributed by atoms with Gasteiger partial charge in [0.1, 0.15) is 5.75 Å². The molecule has 4 nitrogen and oxygen atoms in total. The number of hydrogen-bond donors (Lipinski definition) is 2. The molecule has 0 unspecified atom stereocenters. The van der Waals surface area contributed by atoms with Gasteiger partial charge in [-0.25, -0.2) is 0 Å². The van der Waals surface area contributed by atoms with Gasteiger partial charge in [-0.05, 0) is 12.1 Å². The second-order valence-electron chi connectivity index (χ2n) is 4.46. The van der Waals surface area contributed by atoms with Crippen molar-refractivity contribution >= 4 is 10.9 Å². The smallest absolute Gasteiger partial charge is 0.231 e. The molecule has 0 saturated carbocycles. The highest BCUT2D eigenvalue weighted by Gasteiger charge is 2.12. The van der Waals surface area contributed by atoms with Gasteiger partial charge in [0.25, 0.3) is 0 Å². The lowest BCUT2D eigenvalue weighted by Crippen LogP contribution is -2.05. The Bertz CT molecular complexity index is 822. The summed E-state index contributed by atoms with van der Waals surface area (Å²) in [4.78, 5) is 15.3. The van der Waals surface area contributed by atoms with Gasteiger partial charge in [0.15, 0.2) is 5.75 Å². The Balaban J connectivity index is 2.34. The molecule has 3 rings (SSSR count). The Labute approximate surface area is 115 Å². The fraction of sp³-hybridized carbons (Fsp3) is 0.0625. The van der Waals surface area contributed by atoms with Crippen LogP contribution in [0.3, 0.4) is 0 Å². The minimum atomic E-state index is -0.389. The van der Waals surface area contributed by atoms with Crippen LogP contribution in [0.5, 0.6) is 11.5 Å². The topological polar surface area (TPSA) is 62.3 Å². The number of fused-ring (bicyclic) bond motifs is 1. The SMILES string of the molecule is COc1ccc2c(=O)c(O)c(-c3ccccc3)[nH]c2c1. The molecule has 20 heavy (non-hydrogen) atoms. The molecule has 2 N–H and O–H groups in total. The maximum Gasteiger partial charge on any atom is 0.231 e. The van der Waals surface area contributed by atoms with Crippen molar-refractivity contribution in [3.05, 3.63) is 58.8 Å². The maximum atomic E-state index is 12.2. The molecular weight excluding hydrogens is 254 g/mol. The van der Waals surface area contributed by atoms with Crippen LogP contribution in [0, 0.1) is 0 Å². The van der Waals surface area contributed by atoms with Crippen LogP contribution < -0.4 is 10.2 Å². The zero-order valence-corrected chi connectivity index (χ0v) is 10.9. The number of aromatic hydroxyl groups is 1. The number of hydrogen-bond acceptors (Lipinski definition) is 3. The molecule has 4 heteroatoms. The molecular formula is C16H13NO3. The van der Waals surface area contributed by atoms with Crippen molar-refractivity contribution in [2.45, 2.75) is 0 Å². The van der Waals surface area contributed by atoms with E-state index in [-0.39, 0.29) is 11.2 Å². The van der Waals surface area contributed by atoms with Gasteiger partial charge >= 0.3 is 0 Å². The summed E-state index contributed by atoms with van der Waals surface area (Å²) in [5.74, 6) is 0.381. The number of H-pyrrole nitrogens is 1. The number of aromatic amines is 1. The molecule has 0 aliphatic heterocycles. The van der Waals surface area contributed by atoms with Crippen molar-refractivity contribution in [3.8, 4) is 22.8 Å². The zero-order chi connectivity index (χ0) is 14.1. The fourth-order valence-corrected chi connectivity index (χ4v) is 2.20. The van der Waals surface area contributed by atoms with Crippen LogP contribution in [-0.2, 0) is 0 Å². The molecule has 0 radical (unpaired) electrons. The van der Waals surface area contributed by atoms with E-state index < -0.39 is 0 Å². The normalized spacial score (nSPS) is 10.7. The van der Waals surface area contributed by atoms with E-state index in [1.807, 2.05) is 30.3 Å². The number of ether oxygens (including phenoxy) is 1. The molecule has 0 fully saturated rings. The predicted molar refractivity (Wildman–Crippen MR) is 78.2 cm³/mol. The number of methoxy groups -OCH3 is 1. The van der Waals surface area contributed by atoms with E-state index in [4.69, 9.17) is 4.74 Å². The average Bonchev–Trinajstić information content (AvgIpc) is 2.51. The van der Waals surface area contributed by atoms with E-state index in [1.54, 1.807) is 25.3 Å². The highest BCUT2D eigenvalue weighted by Crippen LogP contribution is 2.27. The lowest BCUT2D eigenvalue weighted by molar-refractivity contribution is 0.415. The second-order valence-corrected chi connectivity index (χ2v) is 4.46. The lowest BCUT2D eigenvalue weighted by Gasteiger charge is -2.08. The van der Waals surface area contributed by atoms with Crippen LogP contribution in [0.15, 0.2) is 53.3 Å². The Kier molecular flexibility index (Phi) is 2.91. The summed E-state index contributed by atoms with van der Waals surface area (Å²) in [6, 6.07) is 14.3. The van der Waals surface area contributed by atoms with Crippen LogP contribution in [0.2, 0.25) is 0 Å². The Morgan fingerprint density at radius 2 is 1.85 bits per heavy atom. The third-order valence-corrected chi connectivity index (χ3v) is 3.25. The first-order valence-corrected chi connectivity index (χ1v) is 6.19. The minimum Gasteiger partial charge on any atom is -0.503 e. The standard InChI is InChI=1S/C16H13NO3/c1-20-11-7-8-12-13(9-11)17-14(16(19)15(12)18)10-5-3-2-4-6-10/h2-9,19H,1H3,(H,17,18). The Morgan fingerprint density at radius 3 is 2.55 bits per heavy atom. The molecule has 0 spiro atoms. The number of nitrogens with one attached hydrogen (secondary N) is 1. The van der Waals surface area contributed by atoms with Crippen molar-refractivity contribution in [1.82, 2.24) is 4.98 Å². The lowest BCUT2D eigenvalue weighted by atomic mass is 10.1. The van der Waals surface area contributed by atoms with Crippen molar-refractivity contribution in [1.29, 1.82) is 0 Å². The number of benzene rings is 2. The Hall–Kier alpha value is -2.75. The summed E-state index contributed by atoms with van der Waals surface area (Å²) in [5, 5.41) is 10.5. The van der Waals surface area contributed by atoms with Gasteiger partial charge in [0, 0.05) is 17.0 Å². The van der Waals surface area contributed by atoms with E-state index in [2.05, 4.69) is 4.98 Å². The molecule has 0 bridgehead atoms. The van der Waals surface area contributed by atoms with E-state index in [0.29, 0.717) is 22.3 Å². The zero-order valence-electron chi connectivity index (χ0n) is 10.9. The molecule has 3 aromatic rings. The van der Waals surface area contributed by atoms with Crippen LogP contribution >= 0.6 is 0 Å². The van der Waals surface area contributed by atoms with Gasteiger partial charge in [-0.3, -0.25) is 4.79 Å². The third kappa shape index (κ3) is 1.91. The predicted octanol–water partition coefficient (Wildman–Crippen LogP) is 2.91. The van der Waals surface area contributed by atoms with Gasteiger partial charge in [0.05, 0.1) is 18.3 Å². The first-order chi connectivity index (χ1) is 9.70. The van der Waals surface area contributed by atoms with E-state index >= 15 is 0 Å². The summed E-state index contributed by atoms with van der Waals surface area (Å²) >= 11 is 0. The monoisotopic (exact) mass is 267 g/mol. The quantitative estimate of drug-likeness (QED) is 0.750. The molecule has 0 aliphatic carbocycles. The van der Waals surface area contributed by atoms with E-state index in [1.165, 1.54) is 0 Å². The first-order valence-electron chi connectivity index (χ1n) is 6.19. The molecule has 0 atom stereocenters. The molecule has 1 aromatic heterocycles.